The quantitative estimate of drug-likeness (QED) is 0.881. The fraction of sp³-hybridized carbons (Fsp3) is 0.533. The second-order valence-electron chi connectivity index (χ2n) is 5.63. The van der Waals surface area contributed by atoms with Crippen molar-refractivity contribution in [3.05, 3.63) is 28.2 Å². The molecule has 1 aliphatic heterocycles. The van der Waals surface area contributed by atoms with E-state index in [4.69, 9.17) is 5.73 Å². The summed E-state index contributed by atoms with van der Waals surface area (Å²) in [5, 5.41) is 0. The van der Waals surface area contributed by atoms with Crippen LogP contribution in [0.3, 0.4) is 0 Å². The smallest absolute Gasteiger partial charge is 0.227 e. The molecule has 1 aliphatic carbocycles. The standard InChI is InChI=1S/C15H19BrN2O.ClH/c16-12-4-5-14-11(8-12)6-7-18(14)15(19)9-10-2-1-3-13(10)17;/h4-5,8,10,13H,1-3,6-7,9,17H2;1H/t10-,13+;/m0./s1. The third kappa shape index (κ3) is 3.02. The number of hydrogen-bond acceptors (Lipinski definition) is 2. The average Bonchev–Trinajstić information content (AvgIpc) is 2.96. The summed E-state index contributed by atoms with van der Waals surface area (Å²) in [6.07, 6.45) is 4.91. The van der Waals surface area contributed by atoms with Crippen molar-refractivity contribution in [2.75, 3.05) is 11.4 Å². The molecule has 0 aromatic heterocycles. The number of benzene rings is 1. The molecule has 0 unspecified atom stereocenters. The molecule has 1 saturated carbocycles. The maximum absolute atomic E-state index is 12.5. The summed E-state index contributed by atoms with van der Waals surface area (Å²) in [5.41, 5.74) is 8.41. The van der Waals surface area contributed by atoms with Crippen LogP contribution in [0.1, 0.15) is 31.2 Å². The SMILES string of the molecule is Cl.N[C@@H]1CCC[C@H]1CC(=O)N1CCc2cc(Br)ccc21. The normalized spacial score (nSPS) is 24.4. The Morgan fingerprint density at radius 3 is 2.90 bits per heavy atom. The van der Waals surface area contributed by atoms with E-state index in [1.54, 1.807) is 0 Å². The lowest BCUT2D eigenvalue weighted by Gasteiger charge is -2.21. The van der Waals surface area contributed by atoms with Gasteiger partial charge in [0, 0.05) is 29.2 Å². The first-order chi connectivity index (χ1) is 9.15. The number of fused-ring (bicyclic) bond motifs is 1. The minimum atomic E-state index is 0. The number of halogens is 2. The van der Waals surface area contributed by atoms with E-state index in [-0.39, 0.29) is 24.4 Å². The summed E-state index contributed by atoms with van der Waals surface area (Å²) in [6, 6.07) is 6.38. The van der Waals surface area contributed by atoms with Crippen LogP contribution in [0.2, 0.25) is 0 Å². The van der Waals surface area contributed by atoms with Gasteiger partial charge in [-0.05, 0) is 48.9 Å². The lowest BCUT2D eigenvalue weighted by molar-refractivity contribution is -0.119. The van der Waals surface area contributed by atoms with Gasteiger partial charge in [0.05, 0.1) is 0 Å². The molecule has 1 amide bonds. The van der Waals surface area contributed by atoms with Gasteiger partial charge in [0.1, 0.15) is 0 Å². The maximum Gasteiger partial charge on any atom is 0.227 e. The molecule has 5 heteroatoms. The molecule has 0 saturated heterocycles. The molecule has 20 heavy (non-hydrogen) atoms. The number of carbonyl (C=O) groups is 1. The average molecular weight is 360 g/mol. The van der Waals surface area contributed by atoms with Gasteiger partial charge in [-0.3, -0.25) is 4.79 Å². The molecule has 3 nitrogen and oxygen atoms in total. The predicted molar refractivity (Wildman–Crippen MR) is 87.4 cm³/mol. The summed E-state index contributed by atoms with van der Waals surface area (Å²) in [5.74, 6) is 0.621. The minimum absolute atomic E-state index is 0. The van der Waals surface area contributed by atoms with E-state index in [1.165, 1.54) is 12.0 Å². The molecule has 0 bridgehead atoms. The van der Waals surface area contributed by atoms with Crippen molar-refractivity contribution in [1.82, 2.24) is 0 Å². The van der Waals surface area contributed by atoms with Gasteiger partial charge in [0.25, 0.3) is 0 Å². The predicted octanol–water partition coefficient (Wildman–Crippen LogP) is 3.28. The van der Waals surface area contributed by atoms with Crippen LogP contribution in [0.5, 0.6) is 0 Å². The Morgan fingerprint density at radius 2 is 2.20 bits per heavy atom. The fourth-order valence-electron chi connectivity index (χ4n) is 3.28. The first kappa shape index (κ1) is 15.8. The molecule has 0 spiro atoms. The van der Waals surface area contributed by atoms with Gasteiger partial charge in [-0.1, -0.05) is 22.4 Å². The van der Waals surface area contributed by atoms with Gasteiger partial charge in [0.2, 0.25) is 5.91 Å². The van der Waals surface area contributed by atoms with E-state index >= 15 is 0 Å². The Morgan fingerprint density at radius 1 is 1.40 bits per heavy atom. The zero-order valence-electron chi connectivity index (χ0n) is 11.3. The number of nitrogens with two attached hydrogens (primary N) is 1. The highest BCUT2D eigenvalue weighted by atomic mass is 79.9. The van der Waals surface area contributed by atoms with E-state index in [0.717, 1.165) is 36.0 Å². The second-order valence-corrected chi connectivity index (χ2v) is 6.54. The van der Waals surface area contributed by atoms with Crippen molar-refractivity contribution in [1.29, 1.82) is 0 Å². The summed E-state index contributed by atoms with van der Waals surface area (Å²) >= 11 is 3.48. The van der Waals surface area contributed by atoms with Crippen molar-refractivity contribution < 1.29 is 4.79 Å². The molecule has 1 fully saturated rings. The highest BCUT2D eigenvalue weighted by Crippen LogP contribution is 2.33. The van der Waals surface area contributed by atoms with Crippen LogP contribution in [0.4, 0.5) is 5.69 Å². The zero-order chi connectivity index (χ0) is 13.4. The van der Waals surface area contributed by atoms with Gasteiger partial charge in [0.15, 0.2) is 0 Å². The van der Waals surface area contributed by atoms with Crippen LogP contribution in [-0.4, -0.2) is 18.5 Å². The van der Waals surface area contributed by atoms with Crippen molar-refractivity contribution >= 4 is 39.9 Å². The van der Waals surface area contributed by atoms with Crippen molar-refractivity contribution in [3.8, 4) is 0 Å². The van der Waals surface area contributed by atoms with E-state index in [0.29, 0.717) is 12.3 Å². The van der Waals surface area contributed by atoms with Crippen molar-refractivity contribution in [2.45, 2.75) is 38.1 Å². The molecule has 0 radical (unpaired) electrons. The van der Waals surface area contributed by atoms with Crippen LogP contribution in [0, 0.1) is 5.92 Å². The minimum Gasteiger partial charge on any atom is -0.327 e. The van der Waals surface area contributed by atoms with Crippen LogP contribution >= 0.6 is 28.3 Å². The fourth-order valence-corrected chi connectivity index (χ4v) is 3.69. The Hall–Kier alpha value is -0.580. The second kappa shape index (κ2) is 6.46. The third-order valence-corrected chi connectivity index (χ3v) is 4.89. The molecule has 1 aromatic rings. The zero-order valence-corrected chi connectivity index (χ0v) is 13.8. The molecule has 1 aromatic carbocycles. The van der Waals surface area contributed by atoms with Crippen molar-refractivity contribution in [2.24, 2.45) is 11.7 Å². The monoisotopic (exact) mass is 358 g/mol. The maximum atomic E-state index is 12.5. The Balaban J connectivity index is 0.00000147. The summed E-state index contributed by atoms with van der Waals surface area (Å²) < 4.78 is 1.08. The number of amides is 1. The number of hydrogen-bond donors (Lipinski definition) is 1. The Kier molecular flexibility index (Phi) is 5.10. The molecular weight excluding hydrogens is 340 g/mol. The van der Waals surface area contributed by atoms with E-state index < -0.39 is 0 Å². The van der Waals surface area contributed by atoms with Gasteiger partial charge in [-0.25, -0.2) is 0 Å². The number of anilines is 1. The molecule has 1 heterocycles. The first-order valence-electron chi connectivity index (χ1n) is 6.99. The van der Waals surface area contributed by atoms with Gasteiger partial charge >= 0.3 is 0 Å². The Bertz CT molecular complexity index is 509. The highest BCUT2D eigenvalue weighted by Gasteiger charge is 2.30. The molecule has 2 aliphatic rings. The summed E-state index contributed by atoms with van der Waals surface area (Å²) in [4.78, 5) is 14.4. The molecule has 2 N–H and O–H groups in total. The summed E-state index contributed by atoms with van der Waals surface area (Å²) in [7, 11) is 0. The molecule has 2 atom stereocenters. The van der Waals surface area contributed by atoms with Crippen LogP contribution in [-0.2, 0) is 11.2 Å². The van der Waals surface area contributed by atoms with Gasteiger partial charge < -0.3 is 10.6 Å². The van der Waals surface area contributed by atoms with Crippen LogP contribution < -0.4 is 10.6 Å². The number of nitrogens with zero attached hydrogens (tertiary/aromatic N) is 1. The largest absolute Gasteiger partial charge is 0.327 e. The number of carbonyl (C=O) groups excluding carboxylic acids is 1. The lowest BCUT2D eigenvalue weighted by atomic mass is 9.99. The van der Waals surface area contributed by atoms with Gasteiger partial charge in [-0.15, -0.1) is 12.4 Å². The van der Waals surface area contributed by atoms with Crippen LogP contribution in [0.25, 0.3) is 0 Å². The highest BCUT2D eigenvalue weighted by molar-refractivity contribution is 9.10. The molecule has 110 valence electrons. The third-order valence-electron chi connectivity index (χ3n) is 4.39. The molecule has 3 rings (SSSR count). The van der Waals surface area contributed by atoms with Gasteiger partial charge in [-0.2, -0.15) is 0 Å². The topological polar surface area (TPSA) is 46.3 Å². The first-order valence-corrected chi connectivity index (χ1v) is 7.79. The van der Waals surface area contributed by atoms with E-state index in [1.807, 2.05) is 17.0 Å². The van der Waals surface area contributed by atoms with Crippen LogP contribution in [0.15, 0.2) is 22.7 Å². The van der Waals surface area contributed by atoms with E-state index in [2.05, 4.69) is 22.0 Å². The lowest BCUT2D eigenvalue weighted by Crippen LogP contribution is -2.34. The summed E-state index contributed by atoms with van der Waals surface area (Å²) in [6.45, 7) is 0.812. The van der Waals surface area contributed by atoms with Crippen molar-refractivity contribution in [3.63, 3.8) is 0 Å². The molecular formula is C15H20BrClN2O. The number of rotatable bonds is 2. The Labute approximate surface area is 134 Å². The van der Waals surface area contributed by atoms with E-state index in [9.17, 15) is 4.79 Å².